The molecule has 6 rings (SSSR count). The highest BCUT2D eigenvalue weighted by Crippen LogP contribution is 2.46. The summed E-state index contributed by atoms with van der Waals surface area (Å²) in [4.78, 5) is 56.1. The van der Waals surface area contributed by atoms with Crippen LogP contribution in [0.2, 0.25) is 0 Å². The minimum absolute atomic E-state index is 0.000863. The van der Waals surface area contributed by atoms with E-state index in [1.165, 1.54) is 30.3 Å². The Balaban J connectivity index is 1.62. The van der Waals surface area contributed by atoms with E-state index in [1.54, 1.807) is 45.0 Å². The van der Waals surface area contributed by atoms with Crippen LogP contribution in [0.4, 0.5) is 34.5 Å². The molecule has 0 spiro atoms. The Morgan fingerprint density at radius 2 is 1.67 bits per heavy atom. The van der Waals surface area contributed by atoms with Gasteiger partial charge in [0.25, 0.3) is 17.4 Å². The van der Waals surface area contributed by atoms with Crippen LogP contribution in [-0.2, 0) is 6.54 Å². The van der Waals surface area contributed by atoms with Crippen molar-refractivity contribution in [2.75, 3.05) is 17.7 Å². The van der Waals surface area contributed by atoms with Crippen LogP contribution in [0.25, 0.3) is 0 Å². The van der Waals surface area contributed by atoms with Crippen LogP contribution in [0, 0.1) is 31.2 Å². The number of methoxy groups -OCH3 is 1. The molecule has 0 saturated carbocycles. The lowest BCUT2D eigenvalue weighted by Crippen LogP contribution is -2.28. The van der Waals surface area contributed by atoms with Crippen LogP contribution in [0.1, 0.15) is 74.3 Å². The van der Waals surface area contributed by atoms with Gasteiger partial charge in [0.1, 0.15) is 16.4 Å². The van der Waals surface area contributed by atoms with Crippen molar-refractivity contribution < 1.29 is 28.0 Å². The normalized spacial score (nSPS) is 12.6. The van der Waals surface area contributed by atoms with Crippen molar-refractivity contribution in [1.82, 2.24) is 19.7 Å². The molecular formula is C35H32N8O7S. The molecule has 16 heteroatoms. The second kappa shape index (κ2) is 13.5. The summed E-state index contributed by atoms with van der Waals surface area (Å²) in [5.41, 5.74) is -0.810. The van der Waals surface area contributed by atoms with Gasteiger partial charge in [-0.3, -0.25) is 23.7 Å². The Morgan fingerprint density at radius 1 is 1.00 bits per heavy atom. The maximum Gasteiger partial charge on any atom is 0.275 e. The maximum atomic E-state index is 14.1. The van der Waals surface area contributed by atoms with Crippen LogP contribution in [-0.4, -0.2) is 44.4 Å². The molecule has 4 aromatic heterocycles. The number of amides is 2. The number of azo groups is 1. The molecule has 15 nitrogen and oxygen atoms in total. The van der Waals surface area contributed by atoms with Gasteiger partial charge < -0.3 is 24.2 Å². The molecule has 5 heterocycles. The molecule has 1 aliphatic heterocycles. The van der Waals surface area contributed by atoms with Gasteiger partial charge in [0.2, 0.25) is 11.7 Å². The molecule has 0 radical (unpaired) electrons. The summed E-state index contributed by atoms with van der Waals surface area (Å²) in [7, 11) is 1.36. The second-order valence-electron chi connectivity index (χ2n) is 12.3. The molecule has 1 aliphatic rings. The largest absolute Gasteiger partial charge is 0.481 e. The van der Waals surface area contributed by atoms with E-state index < -0.39 is 28.6 Å². The number of rotatable bonds is 10. The van der Waals surface area contributed by atoms with Gasteiger partial charge >= 0.3 is 0 Å². The predicted molar refractivity (Wildman–Crippen MR) is 188 cm³/mol. The van der Waals surface area contributed by atoms with Crippen molar-refractivity contribution in [2.45, 2.75) is 48.1 Å². The van der Waals surface area contributed by atoms with Crippen molar-refractivity contribution in [3.63, 3.8) is 0 Å². The van der Waals surface area contributed by atoms with E-state index in [1.807, 2.05) is 20.8 Å². The summed E-state index contributed by atoms with van der Waals surface area (Å²) in [6, 6.07) is 10.9. The van der Waals surface area contributed by atoms with Crippen LogP contribution in [0.5, 0.6) is 5.88 Å². The number of hydrogen-bond acceptors (Lipinski definition) is 14. The van der Waals surface area contributed by atoms with Gasteiger partial charge in [-0.2, -0.15) is 4.90 Å². The molecule has 1 aromatic carbocycles. The van der Waals surface area contributed by atoms with E-state index in [0.717, 1.165) is 16.2 Å². The highest BCUT2D eigenvalue weighted by Gasteiger charge is 2.40. The monoisotopic (exact) mass is 708 g/mol. The van der Waals surface area contributed by atoms with Gasteiger partial charge in [-0.25, -0.2) is 0 Å². The summed E-state index contributed by atoms with van der Waals surface area (Å²) in [6.45, 7) is 10.6. The molecule has 0 atom stereocenters. The third-order valence-corrected chi connectivity index (χ3v) is 8.42. The number of aryl methyl sites for hydroxylation is 1. The first-order chi connectivity index (χ1) is 24.3. The lowest BCUT2D eigenvalue weighted by Gasteiger charge is -2.17. The van der Waals surface area contributed by atoms with E-state index in [4.69, 9.17) is 13.6 Å². The zero-order valence-electron chi connectivity index (χ0n) is 28.7. The second-order valence-corrected chi connectivity index (χ2v) is 13.5. The molecular weight excluding hydrogens is 677 g/mol. The Hall–Kier alpha value is -6.34. The molecule has 2 amide bonds. The third kappa shape index (κ3) is 6.54. The van der Waals surface area contributed by atoms with Gasteiger partial charge in [-0.05, 0) is 65.3 Å². The van der Waals surface area contributed by atoms with Crippen LogP contribution in [0.15, 0.2) is 66.7 Å². The summed E-state index contributed by atoms with van der Waals surface area (Å²) < 4.78 is 18.0. The number of nitrogens with zero attached hydrogens (tertiary/aromatic N) is 6. The van der Waals surface area contributed by atoms with Crippen molar-refractivity contribution in [3.8, 4) is 17.8 Å². The number of carbonyl (C=O) groups is 3. The topological polar surface area (TPSA) is 187 Å². The fourth-order valence-electron chi connectivity index (χ4n) is 5.25. The Bertz CT molecular complexity index is 2340. The van der Waals surface area contributed by atoms with E-state index >= 15 is 0 Å². The number of furan rings is 2. The predicted octanol–water partition coefficient (Wildman–Crippen LogP) is 7.27. The number of ether oxygens (including phenoxy) is 1. The van der Waals surface area contributed by atoms with Crippen molar-refractivity contribution >= 4 is 63.5 Å². The van der Waals surface area contributed by atoms with Crippen LogP contribution >= 0.6 is 11.3 Å². The first-order valence-electron chi connectivity index (χ1n) is 15.6. The number of aromatic nitrogens is 3. The quantitative estimate of drug-likeness (QED) is 0.0643. The summed E-state index contributed by atoms with van der Waals surface area (Å²) >= 11 is 1.05. The van der Waals surface area contributed by atoms with E-state index in [2.05, 4.69) is 43.0 Å². The van der Waals surface area contributed by atoms with Crippen molar-refractivity contribution in [2.24, 2.45) is 15.6 Å². The average molecular weight is 709 g/mol. The van der Waals surface area contributed by atoms with Gasteiger partial charge in [0.15, 0.2) is 16.8 Å². The van der Waals surface area contributed by atoms with Crippen LogP contribution < -0.4 is 20.9 Å². The number of ketones is 1. The Labute approximate surface area is 295 Å². The third-order valence-electron chi connectivity index (χ3n) is 7.59. The standard InChI is InChI=1S/C35H32N8O7S/c1-8-42-32(46)24(29(44)30-41-38-19(3)51-30)18(2)26(34(42)48-7)39-40-28-25-20(31(45)43(33(25)47)14-13-35(4,5)6)17-21(36-22-11-9-15-49-22)27(28)37-23-12-10-16-50-23/h9-12,15-17,36-37H,8H2,1-7H3. The number of carbonyl (C=O) groups excluding carboxylic acids is 3. The Kier molecular flexibility index (Phi) is 9.15. The van der Waals surface area contributed by atoms with Crippen molar-refractivity contribution in [1.29, 1.82) is 0 Å². The molecule has 51 heavy (non-hydrogen) atoms. The minimum atomic E-state index is -0.725. The van der Waals surface area contributed by atoms with Gasteiger partial charge in [0.05, 0.1) is 47.7 Å². The molecule has 0 fully saturated rings. The summed E-state index contributed by atoms with van der Waals surface area (Å²) in [5.74, 6) is 1.55. The molecule has 260 valence electrons. The summed E-state index contributed by atoms with van der Waals surface area (Å²) in [6.07, 6.45) is 2.92. The van der Waals surface area contributed by atoms with Gasteiger partial charge in [0, 0.05) is 30.1 Å². The van der Waals surface area contributed by atoms with Gasteiger partial charge in [-0.1, -0.05) is 17.3 Å². The molecule has 0 aliphatic carbocycles. The fraction of sp³-hybridized carbons (Fsp3) is 0.257. The highest BCUT2D eigenvalue weighted by molar-refractivity contribution is 7.13. The van der Waals surface area contributed by atoms with Crippen LogP contribution in [0.3, 0.4) is 0 Å². The molecule has 0 unspecified atom stereocenters. The molecule has 0 saturated heterocycles. The average Bonchev–Trinajstić information content (AvgIpc) is 3.91. The van der Waals surface area contributed by atoms with E-state index in [9.17, 15) is 19.2 Å². The van der Waals surface area contributed by atoms with Crippen molar-refractivity contribution in [3.05, 3.63) is 85.5 Å². The Morgan fingerprint density at radius 3 is 2.24 bits per heavy atom. The van der Waals surface area contributed by atoms with E-state index in [0.29, 0.717) is 10.9 Å². The first kappa shape index (κ1) is 34.5. The number of anilines is 4. The maximum absolute atomic E-state index is 14.1. The molecule has 5 aromatic rings. The number of pyridine rings is 1. The number of imide groups is 1. The smallest absolute Gasteiger partial charge is 0.275 e. The zero-order valence-corrected chi connectivity index (χ0v) is 29.5. The number of fused-ring (bicyclic) bond motifs is 1. The van der Waals surface area contributed by atoms with E-state index in [-0.39, 0.29) is 68.3 Å². The summed E-state index contributed by atoms with van der Waals surface area (Å²) in [5, 5.41) is 23.8. The zero-order chi connectivity index (χ0) is 36.6. The highest BCUT2D eigenvalue weighted by atomic mass is 32.1. The number of hydrogen-bond donors (Lipinski definition) is 2. The first-order valence-corrected chi connectivity index (χ1v) is 16.5. The number of nitrogens with one attached hydrogen (secondary N) is 2. The lowest BCUT2D eigenvalue weighted by molar-refractivity contribution is 0.0734. The SMILES string of the molecule is CCn1c(OC)c(N=Nc2c(Nc3ccco3)c(Nc3ccco3)cc3c2C(=O)N(C#CC(C)(C)C)C3=O)c(C)c(C(=O)c2nnc(C)s2)c1=O. The van der Waals surface area contributed by atoms with Gasteiger partial charge in [-0.15, -0.1) is 20.4 Å². The molecule has 0 bridgehead atoms. The number of benzene rings is 1. The molecule has 2 N–H and O–H groups in total. The fourth-order valence-corrected chi connectivity index (χ4v) is 5.89. The minimum Gasteiger partial charge on any atom is -0.481 e. The lowest BCUT2D eigenvalue weighted by atomic mass is 9.99.